The number of halogens is 2. The number of hydrogen-bond donors (Lipinski definition) is 1. The molecule has 0 fully saturated rings. The first-order chi connectivity index (χ1) is 13.0. The molecule has 4 nitrogen and oxygen atoms in total. The number of aryl methyl sites for hydroxylation is 1. The van der Waals surface area contributed by atoms with Crippen LogP contribution in [0.4, 0.5) is 8.78 Å². The van der Waals surface area contributed by atoms with Crippen molar-refractivity contribution >= 4 is 17.4 Å². The van der Waals surface area contributed by atoms with Gasteiger partial charge in [-0.3, -0.25) is 9.89 Å². The van der Waals surface area contributed by atoms with Gasteiger partial charge in [0.25, 0.3) is 5.56 Å². The Morgan fingerprint density at radius 1 is 1.11 bits per heavy atom. The molecule has 0 radical (unpaired) electrons. The Bertz CT molecular complexity index is 1190. The zero-order valence-corrected chi connectivity index (χ0v) is 15.2. The number of thioether (sulfide) groups is 1. The normalized spacial score (nSPS) is 11.2. The van der Waals surface area contributed by atoms with E-state index in [1.54, 1.807) is 0 Å². The van der Waals surface area contributed by atoms with E-state index in [4.69, 9.17) is 0 Å². The molecule has 0 saturated carbocycles. The van der Waals surface area contributed by atoms with Crippen LogP contribution in [0.25, 0.3) is 16.8 Å². The average Bonchev–Trinajstić information content (AvgIpc) is 3.00. The highest BCUT2D eigenvalue weighted by molar-refractivity contribution is 7.98. The molecule has 0 aliphatic heterocycles. The third kappa shape index (κ3) is 3.26. The van der Waals surface area contributed by atoms with Crippen molar-refractivity contribution in [2.45, 2.75) is 17.6 Å². The fourth-order valence-corrected chi connectivity index (χ4v) is 3.82. The Hall–Kier alpha value is -2.93. The smallest absolute Gasteiger partial charge is 0.272 e. The van der Waals surface area contributed by atoms with Gasteiger partial charge in [-0.25, -0.2) is 18.3 Å². The molecule has 0 atom stereocenters. The lowest BCUT2D eigenvalue weighted by molar-refractivity contribution is 0.491. The zero-order valence-electron chi connectivity index (χ0n) is 14.4. The van der Waals surface area contributed by atoms with Crippen LogP contribution in [0, 0.1) is 18.6 Å². The molecule has 2 aromatic heterocycles. The van der Waals surface area contributed by atoms with Crippen molar-refractivity contribution in [2.24, 2.45) is 0 Å². The van der Waals surface area contributed by atoms with Crippen LogP contribution in [0.1, 0.15) is 11.4 Å². The Morgan fingerprint density at radius 2 is 1.89 bits per heavy atom. The second-order valence-electron chi connectivity index (χ2n) is 6.06. The largest absolute Gasteiger partial charge is 0.293 e. The highest BCUT2D eigenvalue weighted by atomic mass is 32.2. The molecule has 136 valence electrons. The third-order valence-electron chi connectivity index (χ3n) is 4.20. The summed E-state index contributed by atoms with van der Waals surface area (Å²) in [5, 5.41) is 3.04. The maximum atomic E-state index is 13.8. The predicted octanol–water partition coefficient (Wildman–Crippen LogP) is 4.57. The molecule has 4 aromatic rings. The lowest BCUT2D eigenvalue weighted by Gasteiger charge is -2.05. The first-order valence-corrected chi connectivity index (χ1v) is 9.26. The Balaban J connectivity index is 1.75. The molecule has 0 unspecified atom stereocenters. The minimum atomic E-state index is -0.892. The van der Waals surface area contributed by atoms with Gasteiger partial charge < -0.3 is 0 Å². The molecule has 7 heteroatoms. The van der Waals surface area contributed by atoms with Crippen molar-refractivity contribution < 1.29 is 8.78 Å². The van der Waals surface area contributed by atoms with Crippen molar-refractivity contribution in [1.82, 2.24) is 14.6 Å². The van der Waals surface area contributed by atoms with Gasteiger partial charge in [-0.05, 0) is 24.6 Å². The standard InChI is InChI=1S/C20H15F2N3OS/c1-12-18(13-6-3-2-4-7-13)20-23-14(10-17(26)25(20)24-12)11-27-16-9-5-8-15(21)19(16)22/h2-10,24H,11H2,1H3. The van der Waals surface area contributed by atoms with E-state index in [2.05, 4.69) is 10.1 Å². The van der Waals surface area contributed by atoms with E-state index < -0.39 is 11.6 Å². The quantitative estimate of drug-likeness (QED) is 0.525. The van der Waals surface area contributed by atoms with Crippen molar-refractivity contribution in [3.05, 3.63) is 88.0 Å². The lowest BCUT2D eigenvalue weighted by Crippen LogP contribution is -2.15. The number of nitrogens with zero attached hydrogens (tertiary/aromatic N) is 2. The maximum Gasteiger partial charge on any atom is 0.272 e. The average molecular weight is 383 g/mol. The molecule has 2 aromatic carbocycles. The fraction of sp³-hybridized carbons (Fsp3) is 0.100. The molecule has 0 amide bonds. The summed E-state index contributed by atoms with van der Waals surface area (Å²) in [7, 11) is 0. The van der Waals surface area contributed by atoms with Crippen molar-refractivity contribution in [3.8, 4) is 11.1 Å². The van der Waals surface area contributed by atoms with Gasteiger partial charge in [0.15, 0.2) is 17.3 Å². The molecule has 0 bridgehead atoms. The predicted molar refractivity (Wildman–Crippen MR) is 102 cm³/mol. The van der Waals surface area contributed by atoms with Gasteiger partial charge in [0.05, 0.1) is 5.69 Å². The number of nitrogens with one attached hydrogen (secondary N) is 1. The van der Waals surface area contributed by atoms with Gasteiger partial charge in [0, 0.05) is 28.0 Å². The van der Waals surface area contributed by atoms with Crippen LogP contribution in [0.15, 0.2) is 64.3 Å². The molecule has 0 saturated heterocycles. The number of rotatable bonds is 4. The summed E-state index contributed by atoms with van der Waals surface area (Å²) in [5.41, 5.74) is 3.39. The monoisotopic (exact) mass is 383 g/mol. The summed E-state index contributed by atoms with van der Waals surface area (Å²) < 4.78 is 28.6. The molecular formula is C20H15F2N3OS. The number of fused-ring (bicyclic) bond motifs is 1. The van der Waals surface area contributed by atoms with Gasteiger partial charge >= 0.3 is 0 Å². The van der Waals surface area contributed by atoms with Crippen LogP contribution in [0.2, 0.25) is 0 Å². The third-order valence-corrected chi connectivity index (χ3v) is 5.27. The summed E-state index contributed by atoms with van der Waals surface area (Å²) >= 11 is 1.10. The minimum absolute atomic E-state index is 0.186. The van der Waals surface area contributed by atoms with Crippen LogP contribution in [0.5, 0.6) is 0 Å². The highest BCUT2D eigenvalue weighted by Gasteiger charge is 2.15. The van der Waals surface area contributed by atoms with Gasteiger partial charge in [0.1, 0.15) is 0 Å². The summed E-state index contributed by atoms with van der Waals surface area (Å²) in [6.45, 7) is 1.88. The van der Waals surface area contributed by atoms with Crippen LogP contribution < -0.4 is 5.56 Å². The Kier molecular flexibility index (Phi) is 4.53. The van der Waals surface area contributed by atoms with E-state index in [9.17, 15) is 13.6 Å². The van der Waals surface area contributed by atoms with Crippen molar-refractivity contribution in [2.75, 3.05) is 0 Å². The van der Waals surface area contributed by atoms with Gasteiger partial charge in [-0.15, -0.1) is 11.8 Å². The summed E-state index contributed by atoms with van der Waals surface area (Å²) in [6.07, 6.45) is 0. The molecule has 27 heavy (non-hydrogen) atoms. The second kappa shape index (κ2) is 7.00. The van der Waals surface area contributed by atoms with E-state index in [1.807, 2.05) is 37.3 Å². The van der Waals surface area contributed by atoms with E-state index in [-0.39, 0.29) is 16.2 Å². The first kappa shape index (κ1) is 17.5. The van der Waals surface area contributed by atoms with Crippen LogP contribution in [-0.2, 0) is 5.75 Å². The molecule has 1 N–H and O–H groups in total. The topological polar surface area (TPSA) is 50.2 Å². The summed E-state index contributed by atoms with van der Waals surface area (Å²) in [4.78, 5) is 17.3. The Morgan fingerprint density at radius 3 is 2.67 bits per heavy atom. The summed E-state index contributed by atoms with van der Waals surface area (Å²) in [5.74, 6) is -1.52. The van der Waals surface area contributed by atoms with Crippen LogP contribution >= 0.6 is 11.8 Å². The zero-order chi connectivity index (χ0) is 19.0. The molecular weight excluding hydrogens is 368 g/mol. The van der Waals surface area contributed by atoms with Crippen LogP contribution in [0.3, 0.4) is 0 Å². The van der Waals surface area contributed by atoms with Crippen molar-refractivity contribution in [3.63, 3.8) is 0 Å². The molecule has 0 spiro atoms. The SMILES string of the molecule is Cc1[nH]n2c(=O)cc(CSc3cccc(F)c3F)nc2c1-c1ccccc1. The lowest BCUT2D eigenvalue weighted by atomic mass is 10.1. The summed E-state index contributed by atoms with van der Waals surface area (Å²) in [6, 6.07) is 15.1. The van der Waals surface area contributed by atoms with Gasteiger partial charge in [-0.1, -0.05) is 36.4 Å². The highest BCUT2D eigenvalue weighted by Crippen LogP contribution is 2.28. The van der Waals surface area contributed by atoms with E-state index in [0.717, 1.165) is 34.6 Å². The fourth-order valence-electron chi connectivity index (χ4n) is 2.97. The van der Waals surface area contributed by atoms with E-state index >= 15 is 0 Å². The van der Waals surface area contributed by atoms with Gasteiger partial charge in [-0.2, -0.15) is 0 Å². The minimum Gasteiger partial charge on any atom is -0.293 e. The van der Waals surface area contributed by atoms with Crippen molar-refractivity contribution in [1.29, 1.82) is 0 Å². The van der Waals surface area contributed by atoms with E-state index in [0.29, 0.717) is 11.3 Å². The molecule has 0 aliphatic rings. The van der Waals surface area contributed by atoms with E-state index in [1.165, 1.54) is 22.7 Å². The van der Waals surface area contributed by atoms with Gasteiger partial charge in [0.2, 0.25) is 0 Å². The maximum absolute atomic E-state index is 13.8. The first-order valence-electron chi connectivity index (χ1n) is 8.28. The number of benzene rings is 2. The number of hydrogen-bond acceptors (Lipinski definition) is 3. The van der Waals surface area contributed by atoms with Crippen LogP contribution in [-0.4, -0.2) is 14.6 Å². The number of H-pyrrole nitrogens is 1. The number of aromatic amines is 1. The molecule has 4 rings (SSSR count). The second-order valence-corrected chi connectivity index (χ2v) is 7.08. The number of aromatic nitrogens is 3. The Labute approximate surface area is 157 Å². The molecule has 2 heterocycles. The molecule has 0 aliphatic carbocycles.